The molecule has 1 N–H and O–H groups in total. The molecule has 0 spiro atoms. The minimum atomic E-state index is -3.62. The average molecular weight is 436 g/mol. The van der Waals surface area contributed by atoms with E-state index in [0.29, 0.717) is 30.3 Å². The first-order valence-electron chi connectivity index (χ1n) is 10.5. The molecule has 3 rings (SSSR count). The van der Waals surface area contributed by atoms with Crippen molar-refractivity contribution in [1.29, 1.82) is 0 Å². The van der Waals surface area contributed by atoms with Crippen molar-refractivity contribution < 1.29 is 18.0 Å². The lowest BCUT2D eigenvalue weighted by molar-refractivity contribution is -0.126. The molecular weight excluding hydrogens is 402 g/mol. The van der Waals surface area contributed by atoms with Crippen LogP contribution in [0.1, 0.15) is 59.9 Å². The number of hydrogen-bond acceptors (Lipinski definition) is 4. The number of amides is 2. The van der Waals surface area contributed by atoms with Crippen LogP contribution in [-0.2, 0) is 25.0 Å². The van der Waals surface area contributed by atoms with Crippen LogP contribution in [0.25, 0.3) is 0 Å². The number of nitrogens with one attached hydrogen (secondary N) is 1. The average Bonchev–Trinajstić information content (AvgIpc) is 2.81. The van der Waals surface area contributed by atoms with Gasteiger partial charge in [0.1, 0.15) is 6.54 Å². The number of nitrogens with zero attached hydrogens (tertiary/aromatic N) is 2. The van der Waals surface area contributed by atoms with Gasteiger partial charge in [-0.05, 0) is 77.1 Å². The van der Waals surface area contributed by atoms with Crippen molar-refractivity contribution in [3.8, 4) is 0 Å². The van der Waals surface area contributed by atoms with E-state index in [-0.39, 0.29) is 23.3 Å². The van der Waals surface area contributed by atoms with Gasteiger partial charge in [0.05, 0.1) is 10.3 Å². The van der Waals surface area contributed by atoms with E-state index in [9.17, 15) is 18.0 Å². The van der Waals surface area contributed by atoms with Gasteiger partial charge < -0.3 is 10.2 Å². The van der Waals surface area contributed by atoms with Crippen molar-refractivity contribution in [3.63, 3.8) is 0 Å². The third-order valence-electron chi connectivity index (χ3n) is 5.79. The van der Waals surface area contributed by atoms with Gasteiger partial charge in [0.2, 0.25) is 21.8 Å². The number of carbonyl (C=O) groups excluding carboxylic acids is 2. The molecule has 0 saturated carbocycles. The van der Waals surface area contributed by atoms with E-state index >= 15 is 0 Å². The van der Waals surface area contributed by atoms with Gasteiger partial charge in [-0.1, -0.05) is 6.92 Å². The zero-order valence-electron chi connectivity index (χ0n) is 18.8. The molecule has 0 aliphatic carbocycles. The number of hydrogen-bond donors (Lipinski definition) is 1. The molecule has 30 heavy (non-hydrogen) atoms. The Morgan fingerprint density at radius 1 is 1.27 bits per heavy atom. The van der Waals surface area contributed by atoms with Crippen LogP contribution >= 0.6 is 0 Å². The summed E-state index contributed by atoms with van der Waals surface area (Å²) in [4.78, 5) is 27.2. The van der Waals surface area contributed by atoms with Crippen molar-refractivity contribution >= 4 is 27.5 Å². The second-order valence-electron chi connectivity index (χ2n) is 10.1. The lowest BCUT2D eigenvalue weighted by atomic mass is 9.86. The summed E-state index contributed by atoms with van der Waals surface area (Å²) in [6.07, 6.45) is 1.88. The van der Waals surface area contributed by atoms with E-state index in [2.05, 4.69) is 12.2 Å². The number of fused-ring (bicyclic) bond motifs is 1. The van der Waals surface area contributed by atoms with Crippen LogP contribution in [0, 0.1) is 5.92 Å². The highest BCUT2D eigenvalue weighted by Gasteiger charge is 2.45. The Kier molecular flexibility index (Phi) is 5.79. The predicted octanol–water partition coefficient (Wildman–Crippen LogP) is 2.65. The number of rotatable bonds is 4. The number of anilines is 1. The predicted molar refractivity (Wildman–Crippen MR) is 117 cm³/mol. The molecule has 1 fully saturated rings. The monoisotopic (exact) mass is 435 g/mol. The Bertz CT molecular complexity index is 963. The second-order valence-corrected chi connectivity index (χ2v) is 12.0. The van der Waals surface area contributed by atoms with E-state index in [4.69, 9.17) is 0 Å². The van der Waals surface area contributed by atoms with Crippen LogP contribution in [-0.4, -0.2) is 49.7 Å². The van der Waals surface area contributed by atoms with Crippen LogP contribution in [0.3, 0.4) is 0 Å². The van der Waals surface area contributed by atoms with Crippen LogP contribution < -0.4 is 10.2 Å². The van der Waals surface area contributed by atoms with E-state index in [1.54, 1.807) is 36.4 Å². The van der Waals surface area contributed by atoms with Gasteiger partial charge in [-0.2, -0.15) is 4.31 Å². The van der Waals surface area contributed by atoms with Crippen LogP contribution in [0.5, 0.6) is 0 Å². The van der Waals surface area contributed by atoms with E-state index in [1.165, 1.54) is 4.90 Å². The van der Waals surface area contributed by atoms with Gasteiger partial charge in [-0.15, -0.1) is 0 Å². The highest BCUT2D eigenvalue weighted by atomic mass is 32.2. The fourth-order valence-corrected chi connectivity index (χ4v) is 5.87. The minimum absolute atomic E-state index is 0.0950. The zero-order valence-corrected chi connectivity index (χ0v) is 19.6. The number of carbonyl (C=O) groups is 2. The standard InChI is InChI=1S/C22H33N3O4S/c1-15-8-7-11-24(13-15)30(28,29)16-9-10-18-17(12-16)22(5,6)20(27)25(18)14-19(26)23-21(2,3)4/h9-10,12,15H,7-8,11,13-14H2,1-6H3,(H,23,26)/t15-/m1/s1. The molecule has 1 saturated heterocycles. The molecule has 0 unspecified atom stereocenters. The van der Waals surface area contributed by atoms with Crippen molar-refractivity contribution in [2.45, 2.75) is 70.2 Å². The van der Waals surface area contributed by atoms with E-state index < -0.39 is 21.0 Å². The summed E-state index contributed by atoms with van der Waals surface area (Å²) in [5, 5.41) is 2.87. The topological polar surface area (TPSA) is 86.8 Å². The molecule has 2 heterocycles. The SMILES string of the molecule is C[C@@H]1CCCN(S(=O)(=O)c2ccc3c(c2)C(C)(C)C(=O)N3CC(=O)NC(C)(C)C)C1. The molecular formula is C22H33N3O4S. The molecule has 2 aliphatic rings. The summed E-state index contributed by atoms with van der Waals surface area (Å²) < 4.78 is 28.0. The number of sulfonamides is 1. The van der Waals surface area contributed by atoms with Gasteiger partial charge in [0, 0.05) is 24.3 Å². The lowest BCUT2D eigenvalue weighted by Crippen LogP contribution is -2.48. The van der Waals surface area contributed by atoms with Gasteiger partial charge in [0.25, 0.3) is 0 Å². The summed E-state index contributed by atoms with van der Waals surface area (Å²) >= 11 is 0. The van der Waals surface area contributed by atoms with Gasteiger partial charge in [0.15, 0.2) is 0 Å². The lowest BCUT2D eigenvalue weighted by Gasteiger charge is -2.30. The molecule has 166 valence electrons. The summed E-state index contributed by atoms with van der Waals surface area (Å²) in [6, 6.07) is 4.83. The minimum Gasteiger partial charge on any atom is -0.350 e. The number of piperidine rings is 1. The normalized spacial score (nSPS) is 22.1. The van der Waals surface area contributed by atoms with Gasteiger partial charge >= 0.3 is 0 Å². The molecule has 0 radical (unpaired) electrons. The second kappa shape index (κ2) is 7.64. The van der Waals surface area contributed by atoms with E-state index in [1.807, 2.05) is 20.8 Å². The molecule has 1 aromatic carbocycles. The summed E-state index contributed by atoms with van der Waals surface area (Å²) in [7, 11) is -3.62. The van der Waals surface area contributed by atoms with E-state index in [0.717, 1.165) is 12.8 Å². The maximum Gasteiger partial charge on any atom is 0.243 e. The molecule has 2 amide bonds. The summed E-state index contributed by atoms with van der Waals surface area (Å²) in [6.45, 7) is 12.2. The Hall–Kier alpha value is -1.93. The Labute approximate surface area is 179 Å². The van der Waals surface area contributed by atoms with Crippen LogP contribution in [0.2, 0.25) is 0 Å². The molecule has 2 aliphatic heterocycles. The van der Waals surface area contributed by atoms with Crippen LogP contribution in [0.4, 0.5) is 5.69 Å². The maximum absolute atomic E-state index is 13.2. The Balaban J connectivity index is 1.94. The first-order chi connectivity index (χ1) is 13.7. The fourth-order valence-electron chi connectivity index (χ4n) is 4.25. The quantitative estimate of drug-likeness (QED) is 0.788. The van der Waals surface area contributed by atoms with Crippen molar-refractivity contribution in [3.05, 3.63) is 23.8 Å². The first kappa shape index (κ1) is 22.7. The third kappa shape index (κ3) is 4.25. The molecule has 8 heteroatoms. The highest BCUT2D eigenvalue weighted by molar-refractivity contribution is 7.89. The molecule has 0 bridgehead atoms. The number of benzene rings is 1. The summed E-state index contributed by atoms with van der Waals surface area (Å²) in [5.74, 6) is -0.126. The van der Waals surface area contributed by atoms with Crippen molar-refractivity contribution in [2.75, 3.05) is 24.5 Å². The summed E-state index contributed by atoms with van der Waals surface area (Å²) in [5.41, 5.74) is -0.0676. The molecule has 1 atom stereocenters. The third-order valence-corrected chi connectivity index (χ3v) is 7.65. The van der Waals surface area contributed by atoms with Gasteiger partial charge in [-0.25, -0.2) is 8.42 Å². The first-order valence-corrected chi connectivity index (χ1v) is 11.9. The fraction of sp³-hybridized carbons (Fsp3) is 0.636. The zero-order chi connectivity index (χ0) is 22.5. The van der Waals surface area contributed by atoms with Crippen molar-refractivity contribution in [2.24, 2.45) is 5.92 Å². The van der Waals surface area contributed by atoms with Crippen LogP contribution in [0.15, 0.2) is 23.1 Å². The largest absolute Gasteiger partial charge is 0.350 e. The van der Waals surface area contributed by atoms with Crippen molar-refractivity contribution in [1.82, 2.24) is 9.62 Å². The van der Waals surface area contributed by atoms with Gasteiger partial charge in [-0.3, -0.25) is 9.59 Å². The molecule has 7 nitrogen and oxygen atoms in total. The highest BCUT2D eigenvalue weighted by Crippen LogP contribution is 2.43. The Morgan fingerprint density at radius 3 is 2.53 bits per heavy atom. The maximum atomic E-state index is 13.2. The molecule has 1 aromatic rings. The Morgan fingerprint density at radius 2 is 1.93 bits per heavy atom. The smallest absolute Gasteiger partial charge is 0.243 e. The molecule has 0 aromatic heterocycles.